The molecule has 2 amide bonds. The number of hydrogen-bond donors (Lipinski definition) is 2. The van der Waals surface area contributed by atoms with Gasteiger partial charge in [-0.25, -0.2) is 0 Å². The van der Waals surface area contributed by atoms with Crippen LogP contribution in [0.2, 0.25) is 0 Å². The summed E-state index contributed by atoms with van der Waals surface area (Å²) in [4.78, 5) is 60.7. The first-order chi connectivity index (χ1) is 21.0. The van der Waals surface area contributed by atoms with Crippen molar-refractivity contribution < 1.29 is 19.2 Å². The molecule has 4 fully saturated rings. The number of benzene rings is 2. The van der Waals surface area contributed by atoms with Crippen LogP contribution in [0.1, 0.15) is 36.8 Å². The highest BCUT2D eigenvalue weighted by atomic mass is 16.2. The van der Waals surface area contributed by atoms with Gasteiger partial charge < -0.3 is 20.4 Å². The van der Waals surface area contributed by atoms with Crippen molar-refractivity contribution in [1.82, 2.24) is 19.6 Å². The van der Waals surface area contributed by atoms with E-state index in [1.807, 2.05) is 76.7 Å². The third-order valence-corrected chi connectivity index (χ3v) is 11.7. The highest BCUT2D eigenvalue weighted by Gasteiger charge is 2.71. The maximum Gasteiger partial charge on any atom is 0.250 e. The number of nitrogens with one attached hydrogen (secondary N) is 2. The van der Waals surface area contributed by atoms with E-state index in [-0.39, 0.29) is 23.4 Å². The minimum atomic E-state index is -0.852. The Kier molecular flexibility index (Phi) is 6.68. The van der Waals surface area contributed by atoms with Gasteiger partial charge in [0, 0.05) is 74.6 Å². The van der Waals surface area contributed by atoms with E-state index in [4.69, 9.17) is 0 Å². The number of ketones is 2. The number of nitrogens with zero attached hydrogens (tertiary/aromatic N) is 4. The zero-order chi connectivity index (χ0) is 31.1. The smallest absolute Gasteiger partial charge is 0.250 e. The Hall–Kier alpha value is -3.44. The van der Waals surface area contributed by atoms with Gasteiger partial charge >= 0.3 is 0 Å². The molecule has 232 valence electrons. The Bertz CT molecular complexity index is 1460. The van der Waals surface area contributed by atoms with Crippen LogP contribution in [0.15, 0.2) is 48.5 Å². The maximum absolute atomic E-state index is 13.1. The number of likely N-dealkylation sites (tertiary alicyclic amines) is 4. The number of rotatable bonds is 0. The van der Waals surface area contributed by atoms with E-state index < -0.39 is 21.9 Å². The fourth-order valence-corrected chi connectivity index (χ4v) is 9.73. The number of anilines is 2. The van der Waals surface area contributed by atoms with Crippen LogP contribution in [0.25, 0.3) is 0 Å². The van der Waals surface area contributed by atoms with Crippen molar-refractivity contribution in [1.29, 1.82) is 0 Å². The van der Waals surface area contributed by atoms with Gasteiger partial charge in [-0.05, 0) is 53.2 Å². The van der Waals surface area contributed by atoms with Crippen molar-refractivity contribution >= 4 is 34.8 Å². The number of carbonyl (C=O) groups is 4. The Morgan fingerprint density at radius 2 is 0.955 bits per heavy atom. The Balaban J connectivity index is 0.000000142. The highest BCUT2D eigenvalue weighted by molar-refractivity contribution is 6.12. The molecule has 6 heterocycles. The minimum absolute atomic E-state index is 0.0441. The molecule has 2 N–H and O–H groups in total. The van der Waals surface area contributed by atoms with Crippen LogP contribution in [-0.2, 0) is 30.3 Å². The molecule has 0 radical (unpaired) electrons. The molecule has 4 spiro atoms. The third-order valence-electron chi connectivity index (χ3n) is 11.7. The second kappa shape index (κ2) is 10.0. The first kappa shape index (κ1) is 29.3. The van der Waals surface area contributed by atoms with Gasteiger partial charge in [0.2, 0.25) is 0 Å². The summed E-state index contributed by atoms with van der Waals surface area (Å²) in [5.74, 6) is 0.387. The van der Waals surface area contributed by atoms with Crippen LogP contribution in [-0.4, -0.2) is 110 Å². The van der Waals surface area contributed by atoms with E-state index in [1.165, 1.54) is 0 Å². The summed E-state index contributed by atoms with van der Waals surface area (Å²) in [5, 5.41) is 6.03. The Labute approximate surface area is 258 Å². The fraction of sp³-hybridized carbons (Fsp3) is 0.529. The molecule has 6 aliphatic heterocycles. The fourth-order valence-electron chi connectivity index (χ4n) is 9.73. The van der Waals surface area contributed by atoms with Crippen LogP contribution in [0.4, 0.5) is 11.4 Å². The molecule has 10 heteroatoms. The van der Waals surface area contributed by atoms with E-state index in [1.54, 1.807) is 0 Å². The molecular formula is C34H42N6O4. The number of likely N-dealkylation sites (N-methyl/N-ethyl adjacent to an activating group) is 2. The largest absolute Gasteiger partial charge is 0.324 e. The lowest BCUT2D eigenvalue weighted by Gasteiger charge is -2.48. The van der Waals surface area contributed by atoms with Crippen LogP contribution >= 0.6 is 0 Å². The van der Waals surface area contributed by atoms with Gasteiger partial charge in [0.1, 0.15) is 22.6 Å². The summed E-state index contributed by atoms with van der Waals surface area (Å²) in [5.41, 5.74) is 0.650. The lowest BCUT2D eigenvalue weighted by Crippen LogP contribution is -2.63. The minimum Gasteiger partial charge on any atom is -0.324 e. The van der Waals surface area contributed by atoms with E-state index in [9.17, 15) is 19.2 Å². The van der Waals surface area contributed by atoms with Crippen LogP contribution in [0.3, 0.4) is 0 Å². The molecular weight excluding hydrogens is 556 g/mol. The lowest BCUT2D eigenvalue weighted by molar-refractivity contribution is -0.149. The molecule has 0 bridgehead atoms. The number of piperidine rings is 2. The predicted octanol–water partition coefficient (Wildman–Crippen LogP) is 2.12. The van der Waals surface area contributed by atoms with Crippen molar-refractivity contribution in [2.45, 2.75) is 36.8 Å². The highest BCUT2D eigenvalue weighted by Crippen LogP contribution is 2.60. The summed E-state index contributed by atoms with van der Waals surface area (Å²) in [7, 11) is 8.02. The number of hydrogen-bond acceptors (Lipinski definition) is 8. The van der Waals surface area contributed by atoms with Gasteiger partial charge in [-0.15, -0.1) is 0 Å². The van der Waals surface area contributed by atoms with Crippen molar-refractivity contribution in [3.8, 4) is 0 Å². The van der Waals surface area contributed by atoms with E-state index in [0.29, 0.717) is 25.9 Å². The van der Waals surface area contributed by atoms with Crippen LogP contribution < -0.4 is 10.6 Å². The van der Waals surface area contributed by atoms with Gasteiger partial charge in [-0.2, -0.15) is 0 Å². The SMILES string of the molecule is CN1CCC(=O)[C@@]2(CCN(C)[C@@]23C(=O)Nc2ccccc23)C1.CN1CCC(=O)[C@]2(CCN(C)[C@]23C(=O)Nc2ccccc23)C1. The van der Waals surface area contributed by atoms with Crippen molar-refractivity contribution in [2.75, 3.05) is 78.1 Å². The molecule has 10 nitrogen and oxygen atoms in total. The molecule has 8 rings (SSSR count). The van der Waals surface area contributed by atoms with Crippen molar-refractivity contribution in [3.05, 3.63) is 59.7 Å². The molecule has 0 aliphatic carbocycles. The Morgan fingerprint density at radius 3 is 1.36 bits per heavy atom. The first-order valence-corrected chi connectivity index (χ1v) is 15.7. The number of amides is 2. The van der Waals surface area contributed by atoms with Crippen molar-refractivity contribution in [3.63, 3.8) is 0 Å². The van der Waals surface area contributed by atoms with Gasteiger partial charge in [0.05, 0.1) is 10.8 Å². The van der Waals surface area contributed by atoms with Gasteiger partial charge in [-0.1, -0.05) is 36.4 Å². The van der Waals surface area contributed by atoms with Crippen LogP contribution in [0, 0.1) is 10.8 Å². The van der Waals surface area contributed by atoms with Crippen LogP contribution in [0.5, 0.6) is 0 Å². The summed E-state index contributed by atoms with van der Waals surface area (Å²) >= 11 is 0. The zero-order valence-corrected chi connectivity index (χ0v) is 26.1. The summed E-state index contributed by atoms with van der Waals surface area (Å²) < 4.78 is 0. The number of Topliss-reactive ketones (excluding diaryl/α,β-unsaturated/α-hetero) is 2. The zero-order valence-electron chi connectivity index (χ0n) is 26.1. The predicted molar refractivity (Wildman–Crippen MR) is 167 cm³/mol. The number of fused-ring (bicyclic) bond motifs is 6. The summed E-state index contributed by atoms with van der Waals surface area (Å²) in [6.45, 7) is 4.39. The molecule has 0 aromatic heterocycles. The quantitative estimate of drug-likeness (QED) is 0.476. The molecule has 4 atom stereocenters. The molecule has 2 aromatic rings. The molecule has 2 aromatic carbocycles. The maximum atomic E-state index is 13.1. The Morgan fingerprint density at radius 1 is 0.568 bits per heavy atom. The topological polar surface area (TPSA) is 105 Å². The summed E-state index contributed by atoms with van der Waals surface area (Å²) in [6.07, 6.45) is 2.55. The molecule has 6 aliphatic rings. The molecule has 4 saturated heterocycles. The first-order valence-electron chi connectivity index (χ1n) is 15.7. The number of para-hydroxylation sites is 2. The molecule has 44 heavy (non-hydrogen) atoms. The normalized spacial score (nSPS) is 35.4. The molecule has 0 saturated carbocycles. The van der Waals surface area contributed by atoms with E-state index in [0.717, 1.165) is 61.5 Å². The molecule has 0 unspecified atom stereocenters. The average molecular weight is 599 g/mol. The monoisotopic (exact) mass is 598 g/mol. The lowest BCUT2D eigenvalue weighted by atomic mass is 9.62. The summed E-state index contributed by atoms with van der Waals surface area (Å²) in [6, 6.07) is 15.6. The standard InChI is InChI=1S/2C17H21N3O2/c2*1-19-9-7-14(21)16(11-19)8-10-20(2)17(16)12-5-3-4-6-13(12)18-15(17)22/h2*3-6H,7-11H2,1-2H3,(H,18,22)/t2*16-,17+/m10/s1. The second-order valence-corrected chi connectivity index (χ2v) is 13.7. The van der Waals surface area contributed by atoms with E-state index >= 15 is 0 Å². The average Bonchev–Trinajstić information content (AvgIpc) is 3.68. The second-order valence-electron chi connectivity index (χ2n) is 13.7. The van der Waals surface area contributed by atoms with Crippen molar-refractivity contribution in [2.24, 2.45) is 10.8 Å². The van der Waals surface area contributed by atoms with Gasteiger partial charge in [0.25, 0.3) is 11.8 Å². The van der Waals surface area contributed by atoms with Gasteiger partial charge in [-0.3, -0.25) is 29.0 Å². The van der Waals surface area contributed by atoms with Gasteiger partial charge in [0.15, 0.2) is 0 Å². The van der Waals surface area contributed by atoms with E-state index in [2.05, 4.69) is 30.2 Å². The third kappa shape index (κ3) is 3.51. The number of carbonyl (C=O) groups excluding carboxylic acids is 4.